The Bertz CT molecular complexity index is 655. The maximum absolute atomic E-state index is 12.0. The van der Waals surface area contributed by atoms with Crippen molar-refractivity contribution >= 4 is 11.6 Å². The largest absolute Gasteiger partial charge is 0.497 e. The lowest BCUT2D eigenvalue weighted by Crippen LogP contribution is -2.20. The summed E-state index contributed by atoms with van der Waals surface area (Å²) in [6, 6.07) is 11.0. The quantitative estimate of drug-likeness (QED) is 0.888. The SMILES string of the molecule is COc1cc(NC(=O)COc2cc(C)cc(C)c2)cc(OC)c1. The molecule has 23 heavy (non-hydrogen) atoms. The van der Waals surface area contributed by atoms with Crippen molar-refractivity contribution < 1.29 is 19.0 Å². The second-order valence-electron chi connectivity index (χ2n) is 5.26. The van der Waals surface area contributed by atoms with Gasteiger partial charge in [0, 0.05) is 23.9 Å². The van der Waals surface area contributed by atoms with E-state index < -0.39 is 0 Å². The fraction of sp³-hybridized carbons (Fsp3) is 0.278. The Kier molecular flexibility index (Phi) is 5.46. The molecule has 0 unspecified atom stereocenters. The molecule has 0 aliphatic heterocycles. The predicted molar refractivity (Wildman–Crippen MR) is 89.6 cm³/mol. The van der Waals surface area contributed by atoms with Crippen LogP contribution in [0.1, 0.15) is 11.1 Å². The average molecular weight is 315 g/mol. The second kappa shape index (κ2) is 7.54. The molecule has 0 bridgehead atoms. The van der Waals surface area contributed by atoms with Gasteiger partial charge in [-0.1, -0.05) is 6.07 Å². The molecule has 0 radical (unpaired) electrons. The summed E-state index contributed by atoms with van der Waals surface area (Å²) in [5, 5.41) is 2.77. The first kappa shape index (κ1) is 16.7. The van der Waals surface area contributed by atoms with Crippen LogP contribution in [0.5, 0.6) is 17.2 Å². The minimum atomic E-state index is -0.250. The van der Waals surface area contributed by atoms with Crippen LogP contribution in [-0.4, -0.2) is 26.7 Å². The van der Waals surface area contributed by atoms with Gasteiger partial charge in [-0.15, -0.1) is 0 Å². The van der Waals surface area contributed by atoms with Gasteiger partial charge in [-0.2, -0.15) is 0 Å². The summed E-state index contributed by atoms with van der Waals surface area (Å²) in [6.07, 6.45) is 0. The van der Waals surface area contributed by atoms with Crippen LogP contribution in [0.4, 0.5) is 5.69 Å². The van der Waals surface area contributed by atoms with Gasteiger partial charge in [0.25, 0.3) is 5.91 Å². The molecule has 2 aromatic carbocycles. The van der Waals surface area contributed by atoms with Gasteiger partial charge in [-0.05, 0) is 37.1 Å². The number of methoxy groups -OCH3 is 2. The van der Waals surface area contributed by atoms with Crippen LogP contribution in [0, 0.1) is 13.8 Å². The Morgan fingerprint density at radius 1 is 0.870 bits per heavy atom. The Morgan fingerprint density at radius 3 is 1.96 bits per heavy atom. The highest BCUT2D eigenvalue weighted by molar-refractivity contribution is 5.92. The first-order chi connectivity index (χ1) is 11.0. The number of amides is 1. The van der Waals surface area contributed by atoms with E-state index in [4.69, 9.17) is 14.2 Å². The standard InChI is InChI=1S/C18H21NO4/c1-12-5-13(2)7-17(6-12)23-11-18(20)19-14-8-15(21-3)10-16(9-14)22-4/h5-10H,11H2,1-4H3,(H,19,20). The first-order valence-corrected chi connectivity index (χ1v) is 7.24. The summed E-state index contributed by atoms with van der Waals surface area (Å²) in [5.74, 6) is 1.64. The second-order valence-corrected chi connectivity index (χ2v) is 5.26. The predicted octanol–water partition coefficient (Wildman–Crippen LogP) is 3.34. The number of benzene rings is 2. The van der Waals surface area contributed by atoms with Crippen LogP contribution in [0.15, 0.2) is 36.4 Å². The minimum Gasteiger partial charge on any atom is -0.497 e. The topological polar surface area (TPSA) is 56.8 Å². The van der Waals surface area contributed by atoms with Crippen molar-refractivity contribution in [1.82, 2.24) is 0 Å². The van der Waals surface area contributed by atoms with E-state index in [1.807, 2.05) is 26.0 Å². The normalized spacial score (nSPS) is 10.1. The number of ether oxygens (including phenoxy) is 3. The van der Waals surface area contributed by atoms with Gasteiger partial charge in [0.2, 0.25) is 0 Å². The summed E-state index contributed by atoms with van der Waals surface area (Å²) < 4.78 is 15.9. The summed E-state index contributed by atoms with van der Waals surface area (Å²) in [6.45, 7) is 3.91. The van der Waals surface area contributed by atoms with Gasteiger partial charge in [0.1, 0.15) is 17.2 Å². The minimum absolute atomic E-state index is 0.0670. The number of nitrogens with one attached hydrogen (secondary N) is 1. The molecule has 0 atom stereocenters. The lowest BCUT2D eigenvalue weighted by molar-refractivity contribution is -0.118. The molecule has 1 amide bonds. The Hall–Kier alpha value is -2.69. The Balaban J connectivity index is 1.99. The van der Waals surface area contributed by atoms with Gasteiger partial charge < -0.3 is 19.5 Å². The molecule has 0 saturated heterocycles. The molecule has 0 saturated carbocycles. The van der Waals surface area contributed by atoms with Crippen molar-refractivity contribution in [2.75, 3.05) is 26.1 Å². The van der Waals surface area contributed by atoms with Crippen molar-refractivity contribution in [2.24, 2.45) is 0 Å². The van der Waals surface area contributed by atoms with E-state index in [1.54, 1.807) is 32.4 Å². The van der Waals surface area contributed by atoms with E-state index in [9.17, 15) is 4.79 Å². The molecule has 2 rings (SSSR count). The maximum atomic E-state index is 12.0. The monoisotopic (exact) mass is 315 g/mol. The van der Waals surface area contributed by atoms with E-state index in [2.05, 4.69) is 11.4 Å². The van der Waals surface area contributed by atoms with Gasteiger partial charge in [-0.3, -0.25) is 4.79 Å². The smallest absolute Gasteiger partial charge is 0.262 e. The fourth-order valence-corrected chi connectivity index (χ4v) is 2.24. The molecule has 0 aromatic heterocycles. The molecule has 0 aliphatic carbocycles. The molecule has 122 valence electrons. The maximum Gasteiger partial charge on any atom is 0.262 e. The number of anilines is 1. The molecule has 0 heterocycles. The number of carbonyl (C=O) groups is 1. The molecule has 0 fully saturated rings. The van der Waals surface area contributed by atoms with E-state index in [0.29, 0.717) is 22.9 Å². The third-order valence-electron chi connectivity index (χ3n) is 3.20. The molecule has 1 N–H and O–H groups in total. The molecule has 0 spiro atoms. The molecule has 5 heteroatoms. The summed E-state index contributed by atoms with van der Waals surface area (Å²) in [7, 11) is 3.12. The van der Waals surface area contributed by atoms with Gasteiger partial charge in [0.05, 0.1) is 14.2 Å². The van der Waals surface area contributed by atoms with Crippen LogP contribution in [-0.2, 0) is 4.79 Å². The van der Waals surface area contributed by atoms with Crippen LogP contribution < -0.4 is 19.5 Å². The fourth-order valence-electron chi connectivity index (χ4n) is 2.24. The highest BCUT2D eigenvalue weighted by Gasteiger charge is 2.07. The molecule has 2 aromatic rings. The van der Waals surface area contributed by atoms with Crippen molar-refractivity contribution in [3.05, 3.63) is 47.5 Å². The summed E-state index contributed by atoms with van der Waals surface area (Å²) >= 11 is 0. The molecular formula is C18H21NO4. The molecule has 0 aliphatic rings. The van der Waals surface area contributed by atoms with Gasteiger partial charge in [-0.25, -0.2) is 0 Å². The number of aryl methyl sites for hydroxylation is 2. The van der Waals surface area contributed by atoms with Crippen molar-refractivity contribution in [1.29, 1.82) is 0 Å². The van der Waals surface area contributed by atoms with Crippen molar-refractivity contribution in [3.8, 4) is 17.2 Å². The highest BCUT2D eigenvalue weighted by atomic mass is 16.5. The van der Waals surface area contributed by atoms with E-state index in [-0.39, 0.29) is 12.5 Å². The Labute approximate surface area is 136 Å². The van der Waals surface area contributed by atoms with Crippen LogP contribution in [0.25, 0.3) is 0 Å². The average Bonchev–Trinajstić information content (AvgIpc) is 2.51. The molecule has 5 nitrogen and oxygen atoms in total. The van der Waals surface area contributed by atoms with E-state index >= 15 is 0 Å². The molecular weight excluding hydrogens is 294 g/mol. The number of hydrogen-bond donors (Lipinski definition) is 1. The lowest BCUT2D eigenvalue weighted by atomic mass is 10.1. The summed E-state index contributed by atoms with van der Waals surface area (Å²) in [4.78, 5) is 12.0. The van der Waals surface area contributed by atoms with Gasteiger partial charge in [0.15, 0.2) is 6.61 Å². The number of rotatable bonds is 6. The van der Waals surface area contributed by atoms with E-state index in [0.717, 1.165) is 11.1 Å². The third kappa shape index (κ3) is 4.92. The van der Waals surface area contributed by atoms with Gasteiger partial charge >= 0.3 is 0 Å². The first-order valence-electron chi connectivity index (χ1n) is 7.24. The van der Waals surface area contributed by atoms with Crippen molar-refractivity contribution in [2.45, 2.75) is 13.8 Å². The third-order valence-corrected chi connectivity index (χ3v) is 3.20. The number of hydrogen-bond acceptors (Lipinski definition) is 4. The summed E-state index contributed by atoms with van der Waals surface area (Å²) in [5.41, 5.74) is 2.78. The Morgan fingerprint density at radius 2 is 1.43 bits per heavy atom. The number of carbonyl (C=O) groups excluding carboxylic acids is 1. The zero-order valence-electron chi connectivity index (χ0n) is 13.8. The van der Waals surface area contributed by atoms with Crippen molar-refractivity contribution in [3.63, 3.8) is 0 Å². The highest BCUT2D eigenvalue weighted by Crippen LogP contribution is 2.25. The zero-order valence-corrected chi connectivity index (χ0v) is 13.8. The zero-order chi connectivity index (χ0) is 16.8. The van der Waals surface area contributed by atoms with Crippen LogP contribution in [0.2, 0.25) is 0 Å². The van der Waals surface area contributed by atoms with Crippen LogP contribution in [0.3, 0.4) is 0 Å². The van der Waals surface area contributed by atoms with E-state index in [1.165, 1.54) is 0 Å². The lowest BCUT2D eigenvalue weighted by Gasteiger charge is -2.11. The van der Waals surface area contributed by atoms with Crippen LogP contribution >= 0.6 is 0 Å².